The quantitative estimate of drug-likeness (QED) is 0.555. The van der Waals surface area contributed by atoms with Crippen molar-refractivity contribution in [2.45, 2.75) is 6.61 Å². The van der Waals surface area contributed by atoms with Gasteiger partial charge in [-0.2, -0.15) is 5.10 Å². The third-order valence-electron chi connectivity index (χ3n) is 3.67. The highest BCUT2D eigenvalue weighted by atomic mass is 16.5. The van der Waals surface area contributed by atoms with Gasteiger partial charge in [-0.25, -0.2) is 4.98 Å². The number of H-pyrrole nitrogens is 2. The second-order valence-corrected chi connectivity index (χ2v) is 5.43. The van der Waals surface area contributed by atoms with Crippen LogP contribution in [-0.4, -0.2) is 20.2 Å². The normalized spacial score (nSPS) is 10.6. The maximum atomic E-state index is 5.86. The van der Waals surface area contributed by atoms with Crippen molar-refractivity contribution < 1.29 is 9.47 Å². The van der Waals surface area contributed by atoms with E-state index in [1.54, 1.807) is 18.7 Å². The lowest BCUT2D eigenvalue weighted by molar-refractivity contribution is 0.301. The molecular formula is C19H16N4O2. The molecule has 2 heterocycles. The Labute approximate surface area is 144 Å². The number of imidazole rings is 1. The number of hydrogen-bond acceptors (Lipinski definition) is 4. The molecule has 0 saturated heterocycles. The van der Waals surface area contributed by atoms with Crippen molar-refractivity contribution in [1.29, 1.82) is 0 Å². The summed E-state index contributed by atoms with van der Waals surface area (Å²) in [5, 5.41) is 6.89. The lowest BCUT2D eigenvalue weighted by Crippen LogP contribution is -1.95. The highest BCUT2D eigenvalue weighted by Gasteiger charge is 2.02. The molecule has 0 bridgehead atoms. The molecule has 0 aliphatic rings. The van der Waals surface area contributed by atoms with Gasteiger partial charge in [0.25, 0.3) is 0 Å². The van der Waals surface area contributed by atoms with Crippen molar-refractivity contribution in [3.63, 3.8) is 0 Å². The van der Waals surface area contributed by atoms with E-state index in [4.69, 9.17) is 9.47 Å². The van der Waals surface area contributed by atoms with E-state index in [2.05, 4.69) is 20.2 Å². The monoisotopic (exact) mass is 332 g/mol. The first kappa shape index (κ1) is 15.0. The van der Waals surface area contributed by atoms with Crippen LogP contribution in [0.3, 0.4) is 0 Å². The van der Waals surface area contributed by atoms with E-state index >= 15 is 0 Å². The first-order valence-corrected chi connectivity index (χ1v) is 7.84. The Morgan fingerprint density at radius 1 is 0.840 bits per heavy atom. The smallest absolute Gasteiger partial charge is 0.130 e. The van der Waals surface area contributed by atoms with Gasteiger partial charge < -0.3 is 14.5 Å². The molecule has 0 spiro atoms. The molecule has 0 aliphatic carbocycles. The molecule has 25 heavy (non-hydrogen) atoms. The van der Waals surface area contributed by atoms with Gasteiger partial charge >= 0.3 is 0 Å². The lowest BCUT2D eigenvalue weighted by atomic mass is 10.1. The predicted octanol–water partition coefficient (Wildman–Crippen LogP) is 4.17. The predicted molar refractivity (Wildman–Crippen MR) is 93.5 cm³/mol. The Balaban J connectivity index is 1.37. The number of benzene rings is 2. The molecule has 0 saturated carbocycles. The molecule has 0 fully saturated rings. The minimum Gasteiger partial charge on any atom is -0.487 e. The first-order valence-electron chi connectivity index (χ1n) is 7.84. The Morgan fingerprint density at radius 3 is 2.20 bits per heavy atom. The van der Waals surface area contributed by atoms with Gasteiger partial charge in [0, 0.05) is 6.20 Å². The van der Waals surface area contributed by atoms with Crippen LogP contribution in [0.4, 0.5) is 0 Å². The summed E-state index contributed by atoms with van der Waals surface area (Å²) in [5.41, 5.74) is 2.97. The molecule has 4 aromatic rings. The maximum absolute atomic E-state index is 5.86. The molecule has 0 amide bonds. The number of nitrogens with one attached hydrogen (secondary N) is 2. The fraction of sp³-hybridized carbons (Fsp3) is 0.0526. The van der Waals surface area contributed by atoms with E-state index in [9.17, 15) is 0 Å². The average molecular weight is 332 g/mol. The summed E-state index contributed by atoms with van der Waals surface area (Å²) in [5.74, 6) is 2.30. The highest BCUT2D eigenvalue weighted by Crippen LogP contribution is 2.26. The molecule has 6 nitrogen and oxygen atoms in total. The maximum Gasteiger partial charge on any atom is 0.130 e. The van der Waals surface area contributed by atoms with Gasteiger partial charge in [-0.1, -0.05) is 0 Å². The van der Waals surface area contributed by atoms with Crippen LogP contribution in [0.5, 0.6) is 17.2 Å². The second-order valence-electron chi connectivity index (χ2n) is 5.43. The SMILES string of the molecule is c1cc(-c2ccc(Oc3ccc(OCc4cnc[nH]4)cc3)cc2)[nH]n1. The number of hydrogen-bond donors (Lipinski definition) is 2. The largest absolute Gasteiger partial charge is 0.487 e. The van der Waals surface area contributed by atoms with E-state index in [-0.39, 0.29) is 0 Å². The average Bonchev–Trinajstić information content (AvgIpc) is 3.36. The van der Waals surface area contributed by atoms with Crippen LogP contribution in [0.1, 0.15) is 5.69 Å². The molecule has 2 aromatic heterocycles. The van der Waals surface area contributed by atoms with Gasteiger partial charge in [0.15, 0.2) is 0 Å². The topological polar surface area (TPSA) is 75.8 Å². The Bertz CT molecular complexity index is 899. The molecule has 0 atom stereocenters. The zero-order valence-corrected chi connectivity index (χ0v) is 13.3. The molecule has 6 heteroatoms. The molecule has 2 N–H and O–H groups in total. The van der Waals surface area contributed by atoms with Crippen molar-refractivity contribution in [3.05, 3.63) is 79.0 Å². The molecule has 0 radical (unpaired) electrons. The van der Waals surface area contributed by atoms with Gasteiger partial charge in [0.05, 0.1) is 23.9 Å². The molecule has 2 aromatic carbocycles. The molecule has 0 unspecified atom stereocenters. The fourth-order valence-electron chi connectivity index (χ4n) is 2.38. The summed E-state index contributed by atoms with van der Waals surface area (Å²) in [4.78, 5) is 6.96. The highest BCUT2D eigenvalue weighted by molar-refractivity contribution is 5.59. The lowest BCUT2D eigenvalue weighted by Gasteiger charge is -2.08. The van der Waals surface area contributed by atoms with Crippen LogP contribution in [0.25, 0.3) is 11.3 Å². The minimum atomic E-state index is 0.454. The van der Waals surface area contributed by atoms with Crippen molar-refractivity contribution in [2.24, 2.45) is 0 Å². The first-order chi connectivity index (χ1) is 12.4. The van der Waals surface area contributed by atoms with Crippen molar-refractivity contribution in [3.8, 4) is 28.5 Å². The van der Waals surface area contributed by atoms with Crippen molar-refractivity contribution in [2.75, 3.05) is 0 Å². The molecule has 4 rings (SSSR count). The van der Waals surface area contributed by atoms with Crippen LogP contribution < -0.4 is 9.47 Å². The summed E-state index contributed by atoms with van der Waals surface area (Å²) in [6, 6.07) is 17.3. The number of rotatable bonds is 6. The van der Waals surface area contributed by atoms with Crippen molar-refractivity contribution in [1.82, 2.24) is 20.2 Å². The van der Waals surface area contributed by atoms with E-state index in [1.165, 1.54) is 0 Å². The number of aromatic nitrogens is 4. The van der Waals surface area contributed by atoms with Gasteiger partial charge in [-0.05, 0) is 60.2 Å². The zero-order chi connectivity index (χ0) is 16.9. The summed E-state index contributed by atoms with van der Waals surface area (Å²) in [7, 11) is 0. The van der Waals surface area contributed by atoms with Gasteiger partial charge in [0.1, 0.15) is 23.9 Å². The molecule has 124 valence electrons. The van der Waals surface area contributed by atoms with Crippen LogP contribution in [0.2, 0.25) is 0 Å². The minimum absolute atomic E-state index is 0.454. The standard InChI is InChI=1S/C19H16N4O2/c1-3-17(4-2-14(1)19-9-10-22-23-19)25-18-7-5-16(6-8-18)24-12-15-11-20-13-21-15/h1-11,13H,12H2,(H,20,21)(H,22,23). The van der Waals surface area contributed by atoms with E-state index < -0.39 is 0 Å². The molecule has 0 aliphatic heterocycles. The summed E-state index contributed by atoms with van der Waals surface area (Å²) < 4.78 is 11.5. The van der Waals surface area contributed by atoms with Crippen molar-refractivity contribution >= 4 is 0 Å². The second kappa shape index (κ2) is 6.92. The summed E-state index contributed by atoms with van der Waals surface area (Å²) in [6.45, 7) is 0.454. The Hall–Kier alpha value is -3.54. The molecular weight excluding hydrogens is 316 g/mol. The van der Waals surface area contributed by atoms with E-state index in [0.29, 0.717) is 6.61 Å². The van der Waals surface area contributed by atoms with E-state index in [1.807, 2.05) is 54.6 Å². The van der Waals surface area contributed by atoms with Crippen LogP contribution in [-0.2, 0) is 6.61 Å². The number of nitrogens with zero attached hydrogens (tertiary/aromatic N) is 2. The van der Waals surface area contributed by atoms with Gasteiger partial charge in [-0.15, -0.1) is 0 Å². The summed E-state index contributed by atoms with van der Waals surface area (Å²) >= 11 is 0. The summed E-state index contributed by atoms with van der Waals surface area (Å²) in [6.07, 6.45) is 5.10. The van der Waals surface area contributed by atoms with Crippen LogP contribution in [0, 0.1) is 0 Å². The fourth-order valence-corrected chi connectivity index (χ4v) is 2.38. The number of ether oxygens (including phenoxy) is 2. The number of aromatic amines is 2. The van der Waals surface area contributed by atoms with Gasteiger partial charge in [0.2, 0.25) is 0 Å². The van der Waals surface area contributed by atoms with E-state index in [0.717, 1.165) is 34.2 Å². The third-order valence-corrected chi connectivity index (χ3v) is 3.67. The van der Waals surface area contributed by atoms with Gasteiger partial charge in [-0.3, -0.25) is 5.10 Å². The zero-order valence-electron chi connectivity index (χ0n) is 13.3. The van der Waals surface area contributed by atoms with Crippen LogP contribution >= 0.6 is 0 Å². The van der Waals surface area contributed by atoms with Crippen LogP contribution in [0.15, 0.2) is 73.3 Å². The third kappa shape index (κ3) is 3.69. The Kier molecular flexibility index (Phi) is 4.16. The Morgan fingerprint density at radius 2 is 1.56 bits per heavy atom.